The zero-order valence-corrected chi connectivity index (χ0v) is 12.8. The second-order valence-electron chi connectivity index (χ2n) is 5.90. The molecule has 1 aromatic rings. The van der Waals surface area contributed by atoms with Crippen LogP contribution in [-0.2, 0) is 10.0 Å². The van der Waals surface area contributed by atoms with Crippen molar-refractivity contribution in [1.29, 1.82) is 0 Å². The highest BCUT2D eigenvalue weighted by atomic mass is 32.2. The molecule has 1 aromatic carbocycles. The van der Waals surface area contributed by atoms with E-state index in [1.807, 2.05) is 0 Å². The summed E-state index contributed by atoms with van der Waals surface area (Å²) in [7, 11) is -3.77. The molecule has 0 spiro atoms. The summed E-state index contributed by atoms with van der Waals surface area (Å²) in [5, 5.41) is 5.34. The van der Waals surface area contributed by atoms with Gasteiger partial charge >= 0.3 is 0 Å². The summed E-state index contributed by atoms with van der Waals surface area (Å²) in [5.41, 5.74) is 6.81. The largest absolute Gasteiger partial charge is 0.399 e. The number of nitrogen functional groups attached to an aromatic ring is 1. The van der Waals surface area contributed by atoms with Gasteiger partial charge in [-0.3, -0.25) is 4.90 Å². The van der Waals surface area contributed by atoms with Crippen molar-refractivity contribution in [3.05, 3.63) is 18.2 Å². The summed E-state index contributed by atoms with van der Waals surface area (Å²) in [6, 6.07) is 5.47. The minimum atomic E-state index is -3.77. The Morgan fingerprint density at radius 2 is 1.95 bits per heavy atom. The number of rotatable bonds is 2. The van der Waals surface area contributed by atoms with E-state index in [1.165, 1.54) is 25.3 Å². The minimum Gasteiger partial charge on any atom is -0.399 e. The zero-order chi connectivity index (χ0) is 15.0. The van der Waals surface area contributed by atoms with Crippen LogP contribution in [0, 0.1) is 0 Å². The Bertz CT molecular complexity index is 632. The maximum atomic E-state index is 11.8. The number of nitrogens with two attached hydrogens (primary N) is 2. The standard InChI is InChI=1S/C14H22N4O2S/c15-11-4-5-13(14(9-11)21(16,19)20)18-8-7-17-6-2-1-3-12(17)10-18/h4-5,9,12H,1-3,6-8,10,15H2,(H2,16,19,20). The molecule has 0 aromatic heterocycles. The van der Waals surface area contributed by atoms with E-state index in [4.69, 9.17) is 10.9 Å². The topological polar surface area (TPSA) is 92.7 Å². The van der Waals surface area contributed by atoms with Crippen LogP contribution >= 0.6 is 0 Å². The Balaban J connectivity index is 1.90. The van der Waals surface area contributed by atoms with Gasteiger partial charge in [-0.05, 0) is 37.6 Å². The second-order valence-corrected chi connectivity index (χ2v) is 7.43. The fraction of sp³-hybridized carbons (Fsp3) is 0.571. The molecule has 2 aliphatic rings. The first-order valence-electron chi connectivity index (χ1n) is 7.36. The second kappa shape index (κ2) is 5.47. The number of hydrogen-bond donors (Lipinski definition) is 2. The van der Waals surface area contributed by atoms with Gasteiger partial charge in [0.2, 0.25) is 10.0 Å². The zero-order valence-electron chi connectivity index (χ0n) is 12.0. The molecule has 0 bridgehead atoms. The predicted molar refractivity (Wildman–Crippen MR) is 83.7 cm³/mol. The molecule has 2 heterocycles. The number of sulfonamides is 1. The summed E-state index contributed by atoms with van der Waals surface area (Å²) in [5.74, 6) is 0. The molecule has 0 radical (unpaired) electrons. The number of piperidine rings is 1. The van der Waals surface area contributed by atoms with Crippen LogP contribution in [0.25, 0.3) is 0 Å². The van der Waals surface area contributed by atoms with Crippen molar-refractivity contribution in [2.45, 2.75) is 30.2 Å². The van der Waals surface area contributed by atoms with Crippen molar-refractivity contribution < 1.29 is 8.42 Å². The van der Waals surface area contributed by atoms with E-state index >= 15 is 0 Å². The molecule has 0 saturated carbocycles. The number of fused-ring (bicyclic) bond motifs is 1. The Morgan fingerprint density at radius 1 is 1.14 bits per heavy atom. The SMILES string of the molecule is Nc1ccc(N2CCN3CCCCC3C2)c(S(N)(=O)=O)c1. The van der Waals surface area contributed by atoms with Crippen LogP contribution in [0.1, 0.15) is 19.3 Å². The Kier molecular flexibility index (Phi) is 3.81. The van der Waals surface area contributed by atoms with Crippen molar-refractivity contribution in [3.63, 3.8) is 0 Å². The maximum Gasteiger partial charge on any atom is 0.240 e. The molecule has 0 amide bonds. The first-order valence-corrected chi connectivity index (χ1v) is 8.91. The number of piperazine rings is 1. The van der Waals surface area contributed by atoms with Gasteiger partial charge in [0.05, 0.1) is 5.69 Å². The molecule has 3 rings (SSSR count). The van der Waals surface area contributed by atoms with Gasteiger partial charge in [-0.1, -0.05) is 6.42 Å². The fourth-order valence-electron chi connectivity index (χ4n) is 3.39. The van der Waals surface area contributed by atoms with E-state index < -0.39 is 10.0 Å². The molecule has 2 aliphatic heterocycles. The molecule has 0 aliphatic carbocycles. The van der Waals surface area contributed by atoms with Gasteiger partial charge in [-0.15, -0.1) is 0 Å². The lowest BCUT2D eigenvalue weighted by Gasteiger charge is -2.45. The normalized spacial score (nSPS) is 23.9. The van der Waals surface area contributed by atoms with Crippen LogP contribution in [0.3, 0.4) is 0 Å². The van der Waals surface area contributed by atoms with Gasteiger partial charge in [0.1, 0.15) is 4.90 Å². The Labute approximate surface area is 125 Å². The van der Waals surface area contributed by atoms with Crippen LogP contribution in [-0.4, -0.2) is 45.5 Å². The predicted octanol–water partition coefficient (Wildman–Crippen LogP) is 0.591. The van der Waals surface area contributed by atoms with Crippen molar-refractivity contribution in [2.24, 2.45) is 5.14 Å². The quantitative estimate of drug-likeness (QED) is 0.780. The van der Waals surface area contributed by atoms with Crippen LogP contribution in [0.5, 0.6) is 0 Å². The summed E-state index contributed by atoms with van der Waals surface area (Å²) < 4.78 is 23.6. The molecule has 21 heavy (non-hydrogen) atoms. The van der Waals surface area contributed by atoms with E-state index in [0.29, 0.717) is 17.4 Å². The van der Waals surface area contributed by atoms with E-state index in [2.05, 4.69) is 9.80 Å². The van der Waals surface area contributed by atoms with Gasteiger partial charge in [0.25, 0.3) is 0 Å². The van der Waals surface area contributed by atoms with Crippen molar-refractivity contribution >= 4 is 21.4 Å². The van der Waals surface area contributed by atoms with Crippen LogP contribution in [0.15, 0.2) is 23.1 Å². The van der Waals surface area contributed by atoms with Crippen LogP contribution < -0.4 is 15.8 Å². The first kappa shape index (κ1) is 14.6. The van der Waals surface area contributed by atoms with E-state index in [-0.39, 0.29) is 4.90 Å². The number of benzene rings is 1. The Morgan fingerprint density at radius 3 is 2.71 bits per heavy atom. The summed E-state index contributed by atoms with van der Waals surface area (Å²) >= 11 is 0. The minimum absolute atomic E-state index is 0.131. The lowest BCUT2D eigenvalue weighted by molar-refractivity contribution is 0.133. The molecule has 6 nitrogen and oxygen atoms in total. The van der Waals surface area contributed by atoms with Crippen molar-refractivity contribution in [3.8, 4) is 0 Å². The monoisotopic (exact) mass is 310 g/mol. The highest BCUT2D eigenvalue weighted by Gasteiger charge is 2.30. The number of anilines is 2. The summed E-state index contributed by atoms with van der Waals surface area (Å²) in [6.07, 6.45) is 3.69. The molecular formula is C14H22N4O2S. The third-order valence-corrected chi connectivity index (χ3v) is 5.41. The number of nitrogens with zero attached hydrogens (tertiary/aromatic N) is 2. The molecule has 116 valence electrons. The number of hydrogen-bond acceptors (Lipinski definition) is 5. The smallest absolute Gasteiger partial charge is 0.240 e. The summed E-state index contributed by atoms with van der Waals surface area (Å²) in [6.45, 7) is 3.80. The molecule has 4 N–H and O–H groups in total. The van der Waals surface area contributed by atoms with E-state index in [1.54, 1.807) is 12.1 Å². The van der Waals surface area contributed by atoms with Crippen LogP contribution in [0.4, 0.5) is 11.4 Å². The number of primary sulfonamides is 1. The average Bonchev–Trinajstić information content (AvgIpc) is 2.46. The molecule has 2 saturated heterocycles. The fourth-order valence-corrected chi connectivity index (χ4v) is 4.18. The molecule has 2 fully saturated rings. The van der Waals surface area contributed by atoms with Crippen LogP contribution in [0.2, 0.25) is 0 Å². The molecular weight excluding hydrogens is 288 g/mol. The molecule has 1 unspecified atom stereocenters. The van der Waals surface area contributed by atoms with Gasteiger partial charge in [0, 0.05) is 31.4 Å². The van der Waals surface area contributed by atoms with E-state index in [9.17, 15) is 8.42 Å². The highest BCUT2D eigenvalue weighted by molar-refractivity contribution is 7.89. The van der Waals surface area contributed by atoms with E-state index in [0.717, 1.165) is 26.2 Å². The van der Waals surface area contributed by atoms with Gasteiger partial charge in [-0.2, -0.15) is 0 Å². The van der Waals surface area contributed by atoms with Gasteiger partial charge in [-0.25, -0.2) is 13.6 Å². The van der Waals surface area contributed by atoms with Gasteiger partial charge < -0.3 is 10.6 Å². The maximum absolute atomic E-state index is 11.8. The van der Waals surface area contributed by atoms with Crippen molar-refractivity contribution in [2.75, 3.05) is 36.8 Å². The third kappa shape index (κ3) is 3.00. The Hall–Kier alpha value is -1.31. The van der Waals surface area contributed by atoms with Gasteiger partial charge in [0.15, 0.2) is 0 Å². The lowest BCUT2D eigenvalue weighted by Crippen LogP contribution is -2.55. The third-order valence-electron chi connectivity index (χ3n) is 4.47. The summed E-state index contributed by atoms with van der Waals surface area (Å²) in [4.78, 5) is 4.77. The lowest BCUT2D eigenvalue weighted by atomic mass is 9.99. The molecule has 1 atom stereocenters. The first-order chi connectivity index (χ1) is 9.95. The van der Waals surface area contributed by atoms with Crippen molar-refractivity contribution in [1.82, 2.24) is 4.90 Å². The highest BCUT2D eigenvalue weighted by Crippen LogP contribution is 2.30. The molecule has 7 heteroatoms. The average molecular weight is 310 g/mol.